The standard InChI is InChI=1S/C21H23N5O3S/c1-14-6-4-7-15(10-14)20(28)22-12-18-24-25-21(26(18)2)30-13-19(27)23-16-8-5-9-17(11-16)29-3/h4-11H,12-13H2,1-3H3,(H,22,28)(H,23,27). The van der Waals surface area contributed by atoms with Crippen LogP contribution < -0.4 is 15.4 Å². The van der Waals surface area contributed by atoms with Gasteiger partial charge in [0.2, 0.25) is 5.91 Å². The average Bonchev–Trinajstić information content (AvgIpc) is 3.10. The predicted octanol–water partition coefficient (Wildman–Crippen LogP) is 2.79. The molecule has 9 heteroatoms. The van der Waals surface area contributed by atoms with Crippen LogP contribution in [-0.4, -0.2) is 39.4 Å². The van der Waals surface area contributed by atoms with Gasteiger partial charge in [0.1, 0.15) is 5.75 Å². The number of nitrogens with zero attached hydrogens (tertiary/aromatic N) is 3. The third-order valence-electron chi connectivity index (χ3n) is 4.30. The average molecular weight is 426 g/mol. The number of aromatic nitrogens is 3. The molecule has 2 aromatic carbocycles. The van der Waals surface area contributed by atoms with Gasteiger partial charge >= 0.3 is 0 Å². The van der Waals surface area contributed by atoms with Crippen molar-refractivity contribution >= 4 is 29.3 Å². The van der Waals surface area contributed by atoms with Gasteiger partial charge in [-0.15, -0.1) is 10.2 Å². The van der Waals surface area contributed by atoms with Crippen molar-refractivity contribution in [2.24, 2.45) is 7.05 Å². The summed E-state index contributed by atoms with van der Waals surface area (Å²) in [6.45, 7) is 2.18. The highest BCUT2D eigenvalue weighted by molar-refractivity contribution is 7.99. The Morgan fingerprint density at radius 1 is 1.13 bits per heavy atom. The summed E-state index contributed by atoms with van der Waals surface area (Å²) >= 11 is 1.27. The maximum Gasteiger partial charge on any atom is 0.251 e. The predicted molar refractivity (Wildman–Crippen MR) is 116 cm³/mol. The highest BCUT2D eigenvalue weighted by Gasteiger charge is 2.13. The van der Waals surface area contributed by atoms with E-state index in [1.165, 1.54) is 11.8 Å². The Bertz CT molecular complexity index is 1050. The van der Waals surface area contributed by atoms with Gasteiger partial charge in [-0.3, -0.25) is 9.59 Å². The summed E-state index contributed by atoms with van der Waals surface area (Å²) in [5.74, 6) is 1.12. The van der Waals surface area contributed by atoms with Gasteiger partial charge in [0.05, 0.1) is 19.4 Å². The van der Waals surface area contributed by atoms with Crippen molar-refractivity contribution in [2.45, 2.75) is 18.6 Å². The first-order valence-corrected chi connectivity index (χ1v) is 10.2. The number of hydrogen-bond acceptors (Lipinski definition) is 6. The van der Waals surface area contributed by atoms with E-state index >= 15 is 0 Å². The molecule has 2 amide bonds. The fourth-order valence-corrected chi connectivity index (χ4v) is 3.43. The molecule has 0 fully saturated rings. The molecule has 0 radical (unpaired) electrons. The van der Waals surface area contributed by atoms with E-state index in [0.29, 0.717) is 28.0 Å². The Kier molecular flexibility index (Phi) is 7.08. The Morgan fingerprint density at radius 3 is 2.70 bits per heavy atom. The van der Waals surface area contributed by atoms with Crippen molar-refractivity contribution in [2.75, 3.05) is 18.2 Å². The van der Waals surface area contributed by atoms with E-state index in [4.69, 9.17) is 4.74 Å². The number of rotatable bonds is 8. The van der Waals surface area contributed by atoms with Crippen LogP contribution in [0.1, 0.15) is 21.7 Å². The molecule has 30 heavy (non-hydrogen) atoms. The number of aryl methyl sites for hydroxylation is 1. The minimum absolute atomic E-state index is 0.162. The van der Waals surface area contributed by atoms with E-state index in [2.05, 4.69) is 20.8 Å². The highest BCUT2D eigenvalue weighted by atomic mass is 32.2. The zero-order chi connectivity index (χ0) is 21.5. The topological polar surface area (TPSA) is 98.1 Å². The van der Waals surface area contributed by atoms with Crippen LogP contribution >= 0.6 is 11.8 Å². The molecule has 0 aliphatic heterocycles. The first-order valence-electron chi connectivity index (χ1n) is 9.26. The van der Waals surface area contributed by atoms with Gasteiger partial charge in [-0.2, -0.15) is 0 Å². The van der Waals surface area contributed by atoms with Crippen LogP contribution in [0.3, 0.4) is 0 Å². The number of amides is 2. The quantitative estimate of drug-likeness (QED) is 0.539. The van der Waals surface area contributed by atoms with Crippen LogP contribution in [0.4, 0.5) is 5.69 Å². The van der Waals surface area contributed by atoms with Crippen LogP contribution in [0, 0.1) is 6.92 Å². The number of carbonyl (C=O) groups is 2. The van der Waals surface area contributed by atoms with Gasteiger partial charge in [-0.25, -0.2) is 0 Å². The van der Waals surface area contributed by atoms with Crippen molar-refractivity contribution in [1.29, 1.82) is 0 Å². The van der Waals surface area contributed by atoms with E-state index in [1.807, 2.05) is 37.3 Å². The molecule has 0 saturated carbocycles. The Hall–Kier alpha value is -3.33. The lowest BCUT2D eigenvalue weighted by atomic mass is 10.1. The maximum atomic E-state index is 12.3. The number of hydrogen-bond donors (Lipinski definition) is 2. The van der Waals surface area contributed by atoms with E-state index < -0.39 is 0 Å². The first kappa shape index (κ1) is 21.4. The van der Waals surface area contributed by atoms with Crippen molar-refractivity contribution in [3.05, 3.63) is 65.5 Å². The number of ether oxygens (including phenoxy) is 1. The number of thioether (sulfide) groups is 1. The minimum Gasteiger partial charge on any atom is -0.497 e. The molecule has 0 spiro atoms. The minimum atomic E-state index is -0.173. The fraction of sp³-hybridized carbons (Fsp3) is 0.238. The maximum absolute atomic E-state index is 12.3. The number of anilines is 1. The third kappa shape index (κ3) is 5.60. The van der Waals surface area contributed by atoms with Crippen molar-refractivity contribution in [1.82, 2.24) is 20.1 Å². The van der Waals surface area contributed by atoms with Gasteiger partial charge in [-0.1, -0.05) is 35.5 Å². The molecule has 1 heterocycles. The Balaban J connectivity index is 1.52. The molecule has 0 saturated heterocycles. The summed E-state index contributed by atoms with van der Waals surface area (Å²) in [7, 11) is 3.38. The molecule has 2 N–H and O–H groups in total. The molecule has 0 aliphatic rings. The lowest BCUT2D eigenvalue weighted by molar-refractivity contribution is -0.113. The second-order valence-corrected chi connectivity index (χ2v) is 7.52. The SMILES string of the molecule is COc1cccc(NC(=O)CSc2nnc(CNC(=O)c3cccc(C)c3)n2C)c1. The van der Waals surface area contributed by atoms with Crippen molar-refractivity contribution < 1.29 is 14.3 Å². The fourth-order valence-electron chi connectivity index (χ4n) is 2.70. The number of nitrogens with one attached hydrogen (secondary N) is 2. The molecular formula is C21H23N5O3S. The smallest absolute Gasteiger partial charge is 0.251 e. The zero-order valence-corrected chi connectivity index (χ0v) is 17.8. The summed E-state index contributed by atoms with van der Waals surface area (Å²) in [6, 6.07) is 14.5. The van der Waals surface area contributed by atoms with Crippen molar-refractivity contribution in [3.8, 4) is 5.75 Å². The molecule has 3 rings (SSSR count). The summed E-state index contributed by atoms with van der Waals surface area (Å²) in [6.07, 6.45) is 0. The molecule has 3 aromatic rings. The van der Waals surface area contributed by atoms with Gasteiger partial charge in [0, 0.05) is 24.4 Å². The second-order valence-electron chi connectivity index (χ2n) is 6.58. The van der Waals surface area contributed by atoms with E-state index in [1.54, 1.807) is 36.9 Å². The Labute approximate surface area is 179 Å². The number of methoxy groups -OCH3 is 1. The van der Waals surface area contributed by atoms with Gasteiger partial charge in [-0.05, 0) is 31.2 Å². The van der Waals surface area contributed by atoms with Crippen LogP contribution in [0.2, 0.25) is 0 Å². The van der Waals surface area contributed by atoms with Crippen molar-refractivity contribution in [3.63, 3.8) is 0 Å². The number of carbonyl (C=O) groups excluding carboxylic acids is 2. The molecule has 0 atom stereocenters. The van der Waals surface area contributed by atoms with Gasteiger partial charge in [0.25, 0.3) is 5.91 Å². The second kappa shape index (κ2) is 9.93. The van der Waals surface area contributed by atoms with E-state index in [9.17, 15) is 9.59 Å². The largest absolute Gasteiger partial charge is 0.497 e. The molecule has 8 nitrogen and oxygen atoms in total. The third-order valence-corrected chi connectivity index (χ3v) is 5.32. The van der Waals surface area contributed by atoms with Crippen LogP contribution in [0.5, 0.6) is 5.75 Å². The molecule has 0 bridgehead atoms. The Morgan fingerprint density at radius 2 is 1.93 bits per heavy atom. The summed E-state index contributed by atoms with van der Waals surface area (Å²) in [5.41, 5.74) is 2.28. The number of benzene rings is 2. The molecule has 0 aliphatic carbocycles. The highest BCUT2D eigenvalue weighted by Crippen LogP contribution is 2.19. The van der Waals surface area contributed by atoms with Gasteiger partial charge < -0.3 is 19.9 Å². The lowest BCUT2D eigenvalue weighted by Gasteiger charge is -2.08. The van der Waals surface area contributed by atoms with Gasteiger partial charge in [0.15, 0.2) is 11.0 Å². The summed E-state index contributed by atoms with van der Waals surface area (Å²) in [5, 5.41) is 14.5. The lowest BCUT2D eigenvalue weighted by Crippen LogP contribution is -2.24. The van der Waals surface area contributed by atoms with E-state index in [0.717, 1.165) is 5.56 Å². The summed E-state index contributed by atoms with van der Waals surface area (Å²) < 4.78 is 6.91. The first-order chi connectivity index (χ1) is 14.5. The molecular weight excluding hydrogens is 402 g/mol. The molecule has 0 unspecified atom stereocenters. The van der Waals surface area contributed by atoms with E-state index in [-0.39, 0.29) is 24.1 Å². The van der Waals surface area contributed by atoms with Crippen LogP contribution in [0.15, 0.2) is 53.7 Å². The normalized spacial score (nSPS) is 10.5. The zero-order valence-electron chi connectivity index (χ0n) is 17.0. The molecule has 1 aromatic heterocycles. The summed E-state index contributed by atoms with van der Waals surface area (Å²) in [4.78, 5) is 24.5. The van der Waals surface area contributed by atoms with Crippen LogP contribution in [-0.2, 0) is 18.4 Å². The van der Waals surface area contributed by atoms with Crippen LogP contribution in [0.25, 0.3) is 0 Å². The monoisotopic (exact) mass is 425 g/mol. The molecule has 156 valence electrons.